The Bertz CT molecular complexity index is 817. The molecule has 5 heteroatoms. The molecule has 114 valence electrons. The minimum absolute atomic E-state index is 0.0571. The average molecular weight is 317 g/mol. The fourth-order valence-corrected chi connectivity index (χ4v) is 5.87. The highest BCUT2D eigenvalue weighted by Gasteiger charge is 2.49. The number of benzene rings is 2. The van der Waals surface area contributed by atoms with Crippen molar-refractivity contribution in [2.24, 2.45) is 0 Å². The van der Waals surface area contributed by atoms with Gasteiger partial charge in [-0.25, -0.2) is 12.8 Å². The minimum Gasteiger partial charge on any atom is -0.297 e. The number of likely N-dealkylation sites (tertiary alicyclic amines) is 1. The standard InChI is InChI=1S/C17H16FNO2S/c18-13-7-5-12(6-8-13)9-19-10-15-14-3-1-2-4-16(14)22(20,21)17(15)11-19/h1-8,15,17H,9-11H2/t15-,17+/m0/s1. The number of halogens is 1. The van der Waals surface area contributed by atoms with Gasteiger partial charge in [0.2, 0.25) is 0 Å². The van der Waals surface area contributed by atoms with Crippen molar-refractivity contribution in [3.8, 4) is 0 Å². The van der Waals surface area contributed by atoms with Gasteiger partial charge in [-0.2, -0.15) is 0 Å². The highest BCUT2D eigenvalue weighted by Crippen LogP contribution is 2.44. The summed E-state index contributed by atoms with van der Waals surface area (Å²) in [5.41, 5.74) is 1.96. The van der Waals surface area contributed by atoms with Crippen molar-refractivity contribution in [1.29, 1.82) is 0 Å². The zero-order chi connectivity index (χ0) is 15.3. The van der Waals surface area contributed by atoms with E-state index < -0.39 is 9.84 Å². The molecule has 1 fully saturated rings. The second-order valence-electron chi connectivity index (χ2n) is 6.05. The van der Waals surface area contributed by atoms with E-state index in [4.69, 9.17) is 0 Å². The van der Waals surface area contributed by atoms with Gasteiger partial charge in [0.05, 0.1) is 10.1 Å². The minimum atomic E-state index is -3.22. The topological polar surface area (TPSA) is 37.4 Å². The van der Waals surface area contributed by atoms with E-state index >= 15 is 0 Å². The van der Waals surface area contributed by atoms with Crippen LogP contribution in [-0.4, -0.2) is 31.7 Å². The van der Waals surface area contributed by atoms with Gasteiger partial charge in [-0.05, 0) is 29.3 Å². The highest BCUT2D eigenvalue weighted by molar-refractivity contribution is 7.92. The highest BCUT2D eigenvalue weighted by atomic mass is 32.2. The summed E-state index contributed by atoms with van der Waals surface area (Å²) in [7, 11) is -3.22. The van der Waals surface area contributed by atoms with Gasteiger partial charge in [-0.3, -0.25) is 4.90 Å². The zero-order valence-electron chi connectivity index (χ0n) is 11.9. The lowest BCUT2D eigenvalue weighted by Gasteiger charge is -2.17. The third kappa shape index (κ3) is 2.08. The number of hydrogen-bond donors (Lipinski definition) is 0. The molecule has 0 spiro atoms. The monoisotopic (exact) mass is 317 g/mol. The third-order valence-corrected chi connectivity index (χ3v) is 6.94. The summed E-state index contributed by atoms with van der Waals surface area (Å²) >= 11 is 0. The molecule has 2 heterocycles. The van der Waals surface area contributed by atoms with Gasteiger partial charge in [0.25, 0.3) is 0 Å². The van der Waals surface area contributed by atoms with E-state index in [1.54, 1.807) is 24.3 Å². The van der Waals surface area contributed by atoms with Gasteiger partial charge >= 0.3 is 0 Å². The van der Waals surface area contributed by atoms with Crippen molar-refractivity contribution >= 4 is 9.84 Å². The van der Waals surface area contributed by atoms with E-state index in [9.17, 15) is 12.8 Å². The molecule has 0 unspecified atom stereocenters. The maximum Gasteiger partial charge on any atom is 0.183 e. The Morgan fingerprint density at radius 3 is 2.55 bits per heavy atom. The van der Waals surface area contributed by atoms with Crippen LogP contribution in [0.3, 0.4) is 0 Å². The Labute approximate surface area is 129 Å². The van der Waals surface area contributed by atoms with Crippen LogP contribution in [0.25, 0.3) is 0 Å². The zero-order valence-corrected chi connectivity index (χ0v) is 12.8. The molecule has 0 aromatic heterocycles. The second-order valence-corrected chi connectivity index (χ2v) is 8.18. The maximum absolute atomic E-state index is 13.0. The van der Waals surface area contributed by atoms with Crippen LogP contribution in [0.15, 0.2) is 53.4 Å². The van der Waals surface area contributed by atoms with Crippen molar-refractivity contribution < 1.29 is 12.8 Å². The summed E-state index contributed by atoms with van der Waals surface area (Å²) in [5.74, 6) is -0.194. The summed E-state index contributed by atoms with van der Waals surface area (Å²) in [6, 6.07) is 13.7. The van der Waals surface area contributed by atoms with E-state index in [0.717, 1.165) is 17.7 Å². The molecule has 0 radical (unpaired) electrons. The van der Waals surface area contributed by atoms with Gasteiger partial charge in [0.1, 0.15) is 5.82 Å². The number of fused-ring (bicyclic) bond motifs is 3. The van der Waals surface area contributed by atoms with Crippen LogP contribution in [0.4, 0.5) is 4.39 Å². The summed E-state index contributed by atoms with van der Waals surface area (Å²) < 4.78 is 38.2. The Morgan fingerprint density at radius 1 is 1.05 bits per heavy atom. The lowest BCUT2D eigenvalue weighted by Crippen LogP contribution is -2.25. The molecule has 2 atom stereocenters. The first-order valence-corrected chi connectivity index (χ1v) is 8.90. The van der Waals surface area contributed by atoms with Crippen LogP contribution in [0, 0.1) is 5.82 Å². The molecule has 3 nitrogen and oxygen atoms in total. The van der Waals surface area contributed by atoms with Crippen LogP contribution in [-0.2, 0) is 16.4 Å². The molecule has 2 aliphatic rings. The van der Waals surface area contributed by atoms with Crippen LogP contribution >= 0.6 is 0 Å². The predicted molar refractivity (Wildman–Crippen MR) is 81.8 cm³/mol. The van der Waals surface area contributed by atoms with Crippen LogP contribution in [0.5, 0.6) is 0 Å². The van der Waals surface area contributed by atoms with Gasteiger partial charge in [-0.1, -0.05) is 30.3 Å². The third-order valence-electron chi connectivity index (χ3n) is 4.68. The first-order valence-electron chi connectivity index (χ1n) is 7.35. The summed E-state index contributed by atoms with van der Waals surface area (Å²) in [4.78, 5) is 2.65. The molecule has 0 saturated carbocycles. The van der Waals surface area contributed by atoms with Gasteiger partial charge < -0.3 is 0 Å². The lowest BCUT2D eigenvalue weighted by atomic mass is 9.99. The van der Waals surface area contributed by atoms with E-state index in [0.29, 0.717) is 18.0 Å². The molecule has 22 heavy (non-hydrogen) atoms. The summed E-state index contributed by atoms with van der Waals surface area (Å²) in [5, 5.41) is -0.342. The Balaban J connectivity index is 1.60. The number of hydrogen-bond acceptors (Lipinski definition) is 3. The smallest absolute Gasteiger partial charge is 0.183 e. The molecule has 2 aliphatic heterocycles. The molecule has 0 aliphatic carbocycles. The van der Waals surface area contributed by atoms with Gasteiger partial charge in [0.15, 0.2) is 9.84 Å². The lowest BCUT2D eigenvalue weighted by molar-refractivity contribution is 0.325. The van der Waals surface area contributed by atoms with Crippen molar-refractivity contribution in [1.82, 2.24) is 4.90 Å². The van der Waals surface area contributed by atoms with Crippen LogP contribution in [0.2, 0.25) is 0 Å². The molecule has 0 amide bonds. The fourth-order valence-electron chi connectivity index (χ4n) is 3.65. The van der Waals surface area contributed by atoms with E-state index in [2.05, 4.69) is 4.90 Å². The van der Waals surface area contributed by atoms with E-state index in [-0.39, 0.29) is 17.0 Å². The molecule has 0 N–H and O–H groups in total. The van der Waals surface area contributed by atoms with Gasteiger partial charge in [0, 0.05) is 25.6 Å². The molecule has 2 aromatic rings. The summed E-state index contributed by atoms with van der Waals surface area (Å²) in [6.07, 6.45) is 0. The molecule has 1 saturated heterocycles. The first-order chi connectivity index (χ1) is 10.6. The Hall–Kier alpha value is -1.72. The largest absolute Gasteiger partial charge is 0.297 e. The number of rotatable bonds is 2. The van der Waals surface area contributed by atoms with Crippen molar-refractivity contribution in [2.75, 3.05) is 13.1 Å². The van der Waals surface area contributed by atoms with Crippen molar-refractivity contribution in [3.05, 3.63) is 65.5 Å². The quantitative estimate of drug-likeness (QED) is 0.854. The molecular formula is C17H16FNO2S. The summed E-state index contributed by atoms with van der Waals surface area (Å²) in [6.45, 7) is 1.93. The van der Waals surface area contributed by atoms with Crippen LogP contribution < -0.4 is 0 Å². The first kappa shape index (κ1) is 13.9. The van der Waals surface area contributed by atoms with Crippen molar-refractivity contribution in [3.63, 3.8) is 0 Å². The molecule has 4 rings (SSSR count). The predicted octanol–water partition coefficient (Wildman–Crippen LogP) is 2.58. The SMILES string of the molecule is O=S1(=O)c2ccccc2[C@@H]2CN(Cc3ccc(F)cc3)C[C@H]21. The van der Waals surface area contributed by atoms with Crippen molar-refractivity contribution in [2.45, 2.75) is 22.6 Å². The fraction of sp³-hybridized carbons (Fsp3) is 0.294. The van der Waals surface area contributed by atoms with E-state index in [1.807, 2.05) is 12.1 Å². The van der Waals surface area contributed by atoms with Crippen LogP contribution in [0.1, 0.15) is 17.0 Å². The average Bonchev–Trinajstić information content (AvgIpc) is 3.01. The number of nitrogens with zero attached hydrogens (tertiary/aromatic N) is 1. The second kappa shape index (κ2) is 4.89. The Kier molecular flexibility index (Phi) is 3.09. The Morgan fingerprint density at radius 2 is 1.77 bits per heavy atom. The normalized spacial score (nSPS) is 25.9. The molecule has 0 bridgehead atoms. The maximum atomic E-state index is 13.0. The van der Waals surface area contributed by atoms with Gasteiger partial charge in [-0.15, -0.1) is 0 Å². The number of sulfone groups is 1. The van der Waals surface area contributed by atoms with E-state index in [1.165, 1.54) is 12.1 Å². The molecule has 2 aromatic carbocycles. The molecular weight excluding hydrogens is 301 g/mol.